The lowest BCUT2D eigenvalue weighted by molar-refractivity contribution is -0.119. The van der Waals surface area contributed by atoms with Crippen molar-refractivity contribution >= 4 is 27.6 Å². The topological polar surface area (TPSA) is 140 Å². The number of amides is 1. The molecule has 10 nitrogen and oxygen atoms in total. The second-order valence-corrected chi connectivity index (χ2v) is 10.7. The van der Waals surface area contributed by atoms with Crippen molar-refractivity contribution in [3.63, 3.8) is 0 Å². The van der Waals surface area contributed by atoms with Crippen LogP contribution in [-0.4, -0.2) is 41.7 Å². The number of para-hydroxylation sites is 1. The molecule has 1 amide bonds. The third kappa shape index (κ3) is 5.83. The fourth-order valence-corrected chi connectivity index (χ4v) is 5.56. The minimum absolute atomic E-state index is 0.0282. The molecule has 1 saturated carbocycles. The third-order valence-electron chi connectivity index (χ3n) is 6.25. The van der Waals surface area contributed by atoms with Crippen LogP contribution < -0.4 is 14.8 Å². The summed E-state index contributed by atoms with van der Waals surface area (Å²) in [6.45, 7) is 3.60. The summed E-state index contributed by atoms with van der Waals surface area (Å²) in [4.78, 5) is 24.3. The van der Waals surface area contributed by atoms with Gasteiger partial charge in [-0.15, -0.1) is 0 Å². The Labute approximate surface area is 215 Å². The van der Waals surface area contributed by atoms with Crippen LogP contribution in [0.25, 0.3) is 5.69 Å². The number of nitrogens with zero attached hydrogens (tertiary/aromatic N) is 2. The maximum atomic E-state index is 13.2. The van der Waals surface area contributed by atoms with Crippen LogP contribution in [0.2, 0.25) is 0 Å². The highest BCUT2D eigenvalue weighted by atomic mass is 32.2. The largest absolute Gasteiger partial charge is 0.476 e. The molecule has 1 aromatic heterocycles. The molecule has 1 heterocycles. The number of carboxylic acids is 1. The molecule has 0 spiro atoms. The van der Waals surface area contributed by atoms with Gasteiger partial charge in [-0.05, 0) is 56.5 Å². The molecule has 11 heteroatoms. The Kier molecular flexibility index (Phi) is 7.94. The predicted molar refractivity (Wildman–Crippen MR) is 138 cm³/mol. The van der Waals surface area contributed by atoms with E-state index in [1.165, 1.54) is 16.8 Å². The molecular formula is C26H30N4O6S. The molecule has 196 valence electrons. The molecule has 0 atom stereocenters. The van der Waals surface area contributed by atoms with Crippen molar-refractivity contribution in [1.82, 2.24) is 14.5 Å². The molecule has 1 fully saturated rings. The normalized spacial score (nSPS) is 14.0. The molecule has 0 unspecified atom stereocenters. The van der Waals surface area contributed by atoms with Crippen LogP contribution in [0.3, 0.4) is 0 Å². The van der Waals surface area contributed by atoms with E-state index >= 15 is 0 Å². The Morgan fingerprint density at radius 3 is 2.49 bits per heavy atom. The minimum atomic E-state index is -4.02. The van der Waals surface area contributed by atoms with Crippen LogP contribution >= 0.6 is 0 Å². The number of hydrogen-bond acceptors (Lipinski definition) is 6. The van der Waals surface area contributed by atoms with Gasteiger partial charge in [-0.3, -0.25) is 4.79 Å². The van der Waals surface area contributed by atoms with E-state index < -0.39 is 16.0 Å². The molecule has 0 radical (unpaired) electrons. The number of ether oxygens (including phenoxy) is 1. The lowest BCUT2D eigenvalue weighted by atomic mass is 10.1. The molecule has 4 rings (SSSR count). The average molecular weight is 527 g/mol. The smallest absolute Gasteiger partial charge is 0.356 e. The number of nitrogens with one attached hydrogen (secondary N) is 2. The number of carbonyl (C=O) groups excluding carboxylic acids is 1. The summed E-state index contributed by atoms with van der Waals surface area (Å²) in [6.07, 6.45) is 4.20. The van der Waals surface area contributed by atoms with Crippen LogP contribution in [-0.2, 0) is 14.8 Å². The van der Waals surface area contributed by atoms with Gasteiger partial charge in [-0.1, -0.05) is 38.0 Å². The Morgan fingerprint density at radius 2 is 1.84 bits per heavy atom. The van der Waals surface area contributed by atoms with Gasteiger partial charge in [0.1, 0.15) is 10.6 Å². The number of benzene rings is 2. The zero-order chi connectivity index (χ0) is 26.6. The van der Waals surface area contributed by atoms with Gasteiger partial charge in [-0.2, -0.15) is 9.78 Å². The van der Waals surface area contributed by atoms with E-state index in [9.17, 15) is 23.1 Å². The molecular weight excluding hydrogens is 496 g/mol. The second kappa shape index (κ2) is 11.1. The van der Waals surface area contributed by atoms with Crippen molar-refractivity contribution in [3.05, 3.63) is 59.8 Å². The SMILES string of the molecule is CCCNS(=O)(=O)c1cc(NC(=O)C2CCCC2)ccc1Oc1c(C)c(C(=O)O)nn1-c1ccccc1. The van der Waals surface area contributed by atoms with E-state index in [1.54, 1.807) is 43.3 Å². The van der Waals surface area contributed by atoms with Gasteiger partial charge in [0.2, 0.25) is 21.8 Å². The number of rotatable bonds is 10. The van der Waals surface area contributed by atoms with E-state index in [4.69, 9.17) is 4.74 Å². The first-order valence-electron chi connectivity index (χ1n) is 12.2. The van der Waals surface area contributed by atoms with Crippen molar-refractivity contribution in [2.45, 2.75) is 50.8 Å². The van der Waals surface area contributed by atoms with Gasteiger partial charge < -0.3 is 15.2 Å². The summed E-state index contributed by atoms with van der Waals surface area (Å²) >= 11 is 0. The predicted octanol–water partition coefficient (Wildman–Crippen LogP) is 4.49. The van der Waals surface area contributed by atoms with Crippen LogP contribution in [0.4, 0.5) is 5.69 Å². The number of aromatic carboxylic acids is 1. The Bertz CT molecular complexity index is 1400. The summed E-state index contributed by atoms with van der Waals surface area (Å²) in [5, 5.41) is 16.6. The molecule has 0 bridgehead atoms. The second-order valence-electron chi connectivity index (χ2n) is 8.96. The molecule has 0 saturated heterocycles. The molecule has 3 N–H and O–H groups in total. The summed E-state index contributed by atoms with van der Waals surface area (Å²) in [5.41, 5.74) is 0.898. The summed E-state index contributed by atoms with van der Waals surface area (Å²) in [6, 6.07) is 13.2. The van der Waals surface area contributed by atoms with E-state index in [1.807, 2.05) is 6.92 Å². The minimum Gasteiger partial charge on any atom is -0.476 e. The number of sulfonamides is 1. The molecule has 1 aliphatic carbocycles. The number of anilines is 1. The maximum absolute atomic E-state index is 13.2. The zero-order valence-corrected chi connectivity index (χ0v) is 21.5. The van der Waals surface area contributed by atoms with E-state index in [-0.39, 0.29) is 46.2 Å². The first-order chi connectivity index (χ1) is 17.7. The highest BCUT2D eigenvalue weighted by molar-refractivity contribution is 7.89. The number of hydrogen-bond donors (Lipinski definition) is 3. The van der Waals surface area contributed by atoms with Crippen LogP contribution in [0.5, 0.6) is 11.6 Å². The van der Waals surface area contributed by atoms with Crippen molar-refractivity contribution in [2.24, 2.45) is 5.92 Å². The van der Waals surface area contributed by atoms with E-state index in [0.717, 1.165) is 25.7 Å². The van der Waals surface area contributed by atoms with Gasteiger partial charge >= 0.3 is 5.97 Å². The van der Waals surface area contributed by atoms with Gasteiger partial charge in [-0.25, -0.2) is 17.9 Å². The molecule has 37 heavy (non-hydrogen) atoms. The Balaban J connectivity index is 1.77. The van der Waals surface area contributed by atoms with E-state index in [2.05, 4.69) is 15.1 Å². The van der Waals surface area contributed by atoms with Gasteiger partial charge in [0.05, 0.1) is 5.69 Å². The highest BCUT2D eigenvalue weighted by Crippen LogP contribution is 2.35. The first kappa shape index (κ1) is 26.4. The summed E-state index contributed by atoms with van der Waals surface area (Å²) < 4.78 is 36.4. The molecule has 0 aliphatic heterocycles. The lowest BCUT2D eigenvalue weighted by Gasteiger charge is -2.16. The van der Waals surface area contributed by atoms with Crippen molar-refractivity contribution in [3.8, 4) is 17.3 Å². The fourth-order valence-electron chi connectivity index (χ4n) is 4.28. The highest BCUT2D eigenvalue weighted by Gasteiger charge is 2.27. The van der Waals surface area contributed by atoms with Crippen LogP contribution in [0.15, 0.2) is 53.4 Å². The number of carbonyl (C=O) groups is 2. The number of carboxylic acid groups (broad SMARTS) is 1. The van der Waals surface area contributed by atoms with Crippen LogP contribution in [0.1, 0.15) is 55.1 Å². The van der Waals surface area contributed by atoms with Crippen molar-refractivity contribution in [1.29, 1.82) is 0 Å². The quantitative estimate of drug-likeness (QED) is 0.354. The number of aromatic nitrogens is 2. The van der Waals surface area contributed by atoms with Crippen molar-refractivity contribution < 1.29 is 27.9 Å². The standard InChI is InChI=1S/C26H30N4O6S/c1-3-15-27-37(34,35)22-16-19(28-24(31)18-9-7-8-10-18)13-14-21(22)36-25-17(2)23(26(32)33)29-30(25)20-11-5-4-6-12-20/h4-6,11-14,16,18,27H,3,7-10,15H2,1-2H3,(H,28,31)(H,32,33). The Morgan fingerprint density at radius 1 is 1.14 bits per heavy atom. The summed E-state index contributed by atoms with van der Waals surface area (Å²) in [7, 11) is -4.02. The van der Waals surface area contributed by atoms with E-state index in [0.29, 0.717) is 17.8 Å². The molecule has 2 aromatic carbocycles. The molecule has 1 aliphatic rings. The fraction of sp³-hybridized carbons (Fsp3) is 0.346. The Hall–Kier alpha value is -3.70. The van der Waals surface area contributed by atoms with Crippen LogP contribution in [0, 0.1) is 12.8 Å². The van der Waals surface area contributed by atoms with Gasteiger partial charge in [0.15, 0.2) is 5.69 Å². The van der Waals surface area contributed by atoms with Gasteiger partial charge in [0.25, 0.3) is 0 Å². The van der Waals surface area contributed by atoms with Crippen molar-refractivity contribution in [2.75, 3.05) is 11.9 Å². The molecule has 3 aromatic rings. The monoisotopic (exact) mass is 526 g/mol. The average Bonchev–Trinajstić information content (AvgIpc) is 3.53. The maximum Gasteiger partial charge on any atom is 0.356 e. The third-order valence-corrected chi connectivity index (χ3v) is 7.73. The zero-order valence-electron chi connectivity index (χ0n) is 20.7. The summed E-state index contributed by atoms with van der Waals surface area (Å²) in [5.74, 6) is -1.43. The van der Waals surface area contributed by atoms with Gasteiger partial charge in [0, 0.05) is 23.7 Å². The lowest BCUT2D eigenvalue weighted by Crippen LogP contribution is -2.25. The first-order valence-corrected chi connectivity index (χ1v) is 13.7.